The number of unbranched alkanes of at least 4 members (excludes halogenated alkanes) is 1. The van der Waals surface area contributed by atoms with Crippen molar-refractivity contribution < 1.29 is 12.8 Å². The molecule has 0 aliphatic rings. The van der Waals surface area contributed by atoms with Crippen LogP contribution < -0.4 is 4.72 Å². The minimum Gasteiger partial charge on any atom is -0.277 e. The highest BCUT2D eigenvalue weighted by Crippen LogP contribution is 2.22. The first-order valence-electron chi connectivity index (χ1n) is 6.99. The van der Waals surface area contributed by atoms with Gasteiger partial charge in [0.15, 0.2) is 0 Å². The first-order valence-corrected chi connectivity index (χ1v) is 9.27. The largest absolute Gasteiger partial charge is 0.277 e. The Morgan fingerprint density at radius 1 is 1.14 bits per heavy atom. The van der Waals surface area contributed by atoms with Crippen molar-refractivity contribution in [3.05, 3.63) is 58.3 Å². The van der Waals surface area contributed by atoms with Crippen LogP contribution in [0.3, 0.4) is 0 Å². The van der Waals surface area contributed by atoms with Gasteiger partial charge in [0.05, 0.1) is 10.6 Å². The summed E-state index contributed by atoms with van der Waals surface area (Å²) >= 11 is 3.13. The van der Waals surface area contributed by atoms with E-state index in [1.54, 1.807) is 30.3 Å². The van der Waals surface area contributed by atoms with Crippen LogP contribution in [0.5, 0.6) is 0 Å². The summed E-state index contributed by atoms with van der Waals surface area (Å²) in [6, 6.07) is 10.9. The normalized spacial score (nSPS) is 11.4. The summed E-state index contributed by atoms with van der Waals surface area (Å²) in [5.74, 6) is -0.627. The molecule has 2 rings (SSSR count). The zero-order valence-electron chi connectivity index (χ0n) is 12.1. The van der Waals surface area contributed by atoms with Crippen LogP contribution in [0.25, 0.3) is 0 Å². The summed E-state index contributed by atoms with van der Waals surface area (Å²) in [6.45, 7) is 2.11. The summed E-state index contributed by atoms with van der Waals surface area (Å²) in [5, 5.41) is 0. The van der Waals surface area contributed by atoms with Crippen molar-refractivity contribution in [3.8, 4) is 0 Å². The smallest absolute Gasteiger partial charge is 0.261 e. The molecule has 1 N–H and O–H groups in total. The molecule has 22 heavy (non-hydrogen) atoms. The Hall–Kier alpha value is -1.40. The molecule has 2 aromatic carbocycles. The molecule has 0 unspecified atom stereocenters. The zero-order chi connectivity index (χ0) is 16.2. The Kier molecular flexibility index (Phi) is 5.58. The molecule has 0 heterocycles. The van der Waals surface area contributed by atoms with Gasteiger partial charge in [-0.25, -0.2) is 12.8 Å². The molecule has 0 radical (unpaired) electrons. The average molecular weight is 386 g/mol. The van der Waals surface area contributed by atoms with Crippen molar-refractivity contribution in [1.29, 1.82) is 0 Å². The average Bonchev–Trinajstić information content (AvgIpc) is 2.48. The van der Waals surface area contributed by atoms with E-state index in [0.29, 0.717) is 4.47 Å². The van der Waals surface area contributed by atoms with Gasteiger partial charge in [0, 0.05) is 4.47 Å². The Morgan fingerprint density at radius 2 is 1.82 bits per heavy atom. The fraction of sp³-hybridized carbons (Fsp3) is 0.250. The maximum atomic E-state index is 13.7. The Morgan fingerprint density at radius 3 is 2.41 bits per heavy atom. The van der Waals surface area contributed by atoms with Gasteiger partial charge in [0.25, 0.3) is 10.0 Å². The van der Waals surface area contributed by atoms with Crippen LogP contribution in [0.15, 0.2) is 51.8 Å². The Labute approximate surface area is 138 Å². The topological polar surface area (TPSA) is 46.2 Å². The van der Waals surface area contributed by atoms with Gasteiger partial charge >= 0.3 is 0 Å². The van der Waals surface area contributed by atoms with Crippen molar-refractivity contribution >= 4 is 31.6 Å². The van der Waals surface area contributed by atoms with Crippen LogP contribution >= 0.6 is 15.9 Å². The highest BCUT2D eigenvalue weighted by molar-refractivity contribution is 9.10. The molecule has 0 saturated carbocycles. The SMILES string of the molecule is CCCCc1ccc(S(=O)(=O)Nc2ccc(Br)cc2F)cc1. The summed E-state index contributed by atoms with van der Waals surface area (Å²) in [6.07, 6.45) is 3.07. The summed E-state index contributed by atoms with van der Waals surface area (Å²) in [4.78, 5) is 0.120. The van der Waals surface area contributed by atoms with Crippen molar-refractivity contribution in [2.75, 3.05) is 4.72 Å². The van der Waals surface area contributed by atoms with Gasteiger partial charge in [-0.05, 0) is 48.7 Å². The van der Waals surface area contributed by atoms with E-state index in [1.165, 1.54) is 12.1 Å². The number of anilines is 1. The van der Waals surface area contributed by atoms with E-state index in [-0.39, 0.29) is 10.6 Å². The Bertz CT molecular complexity index is 745. The number of sulfonamides is 1. The fourth-order valence-corrected chi connectivity index (χ4v) is 3.39. The second-order valence-electron chi connectivity index (χ2n) is 4.98. The number of aryl methyl sites for hydroxylation is 1. The minimum atomic E-state index is -3.79. The molecule has 0 saturated heterocycles. The molecule has 2 aromatic rings. The van der Waals surface area contributed by atoms with E-state index in [4.69, 9.17) is 0 Å². The van der Waals surface area contributed by atoms with Crippen LogP contribution in [0, 0.1) is 5.82 Å². The van der Waals surface area contributed by atoms with E-state index < -0.39 is 15.8 Å². The standard InChI is InChI=1S/C16H17BrFNO2S/c1-2-3-4-12-5-8-14(9-6-12)22(20,21)19-16-10-7-13(17)11-15(16)18/h5-11,19H,2-4H2,1H3. The summed E-state index contributed by atoms with van der Waals surface area (Å²) in [7, 11) is -3.79. The van der Waals surface area contributed by atoms with Crippen LogP contribution in [-0.2, 0) is 16.4 Å². The molecule has 3 nitrogen and oxygen atoms in total. The van der Waals surface area contributed by atoms with E-state index in [9.17, 15) is 12.8 Å². The number of benzene rings is 2. The van der Waals surface area contributed by atoms with Crippen molar-refractivity contribution in [3.63, 3.8) is 0 Å². The molecule has 0 atom stereocenters. The van der Waals surface area contributed by atoms with Gasteiger partial charge in [-0.3, -0.25) is 4.72 Å². The highest BCUT2D eigenvalue weighted by Gasteiger charge is 2.16. The molecule has 0 bridgehead atoms. The number of hydrogen-bond acceptors (Lipinski definition) is 2. The van der Waals surface area contributed by atoms with E-state index in [0.717, 1.165) is 24.8 Å². The van der Waals surface area contributed by atoms with E-state index in [2.05, 4.69) is 27.6 Å². The lowest BCUT2D eigenvalue weighted by Gasteiger charge is -2.10. The van der Waals surface area contributed by atoms with Crippen LogP contribution in [-0.4, -0.2) is 8.42 Å². The van der Waals surface area contributed by atoms with E-state index >= 15 is 0 Å². The fourth-order valence-electron chi connectivity index (χ4n) is 1.99. The molecule has 0 aliphatic heterocycles. The second kappa shape index (κ2) is 7.24. The summed E-state index contributed by atoms with van der Waals surface area (Å²) in [5.41, 5.74) is 1.02. The minimum absolute atomic E-state index is 0.0711. The van der Waals surface area contributed by atoms with Crippen molar-refractivity contribution in [2.24, 2.45) is 0 Å². The lowest BCUT2D eigenvalue weighted by molar-refractivity contribution is 0.598. The molecule has 0 aliphatic carbocycles. The third-order valence-electron chi connectivity index (χ3n) is 3.23. The number of hydrogen-bond donors (Lipinski definition) is 1. The maximum Gasteiger partial charge on any atom is 0.261 e. The zero-order valence-corrected chi connectivity index (χ0v) is 14.5. The predicted octanol–water partition coefficient (Wildman–Crippen LogP) is 4.73. The monoisotopic (exact) mass is 385 g/mol. The molecule has 6 heteroatoms. The number of rotatable bonds is 6. The highest BCUT2D eigenvalue weighted by atomic mass is 79.9. The van der Waals surface area contributed by atoms with Crippen molar-refractivity contribution in [2.45, 2.75) is 31.1 Å². The maximum absolute atomic E-state index is 13.7. The van der Waals surface area contributed by atoms with Gasteiger partial charge in [-0.2, -0.15) is 0 Å². The molecule has 0 aromatic heterocycles. The molecule has 0 amide bonds. The third kappa shape index (κ3) is 4.30. The third-order valence-corrected chi connectivity index (χ3v) is 5.10. The molecule has 118 valence electrons. The first-order chi connectivity index (χ1) is 10.4. The lowest BCUT2D eigenvalue weighted by Crippen LogP contribution is -2.14. The van der Waals surface area contributed by atoms with Gasteiger partial charge in [0.1, 0.15) is 5.82 Å². The molecule has 0 fully saturated rings. The first kappa shape index (κ1) is 17.0. The van der Waals surface area contributed by atoms with Gasteiger partial charge in [-0.15, -0.1) is 0 Å². The van der Waals surface area contributed by atoms with Gasteiger partial charge in [-0.1, -0.05) is 41.4 Å². The number of nitrogens with one attached hydrogen (secondary N) is 1. The van der Waals surface area contributed by atoms with Crippen molar-refractivity contribution in [1.82, 2.24) is 0 Å². The molecular formula is C16H17BrFNO2S. The number of halogens is 2. The summed E-state index contributed by atoms with van der Waals surface area (Å²) < 4.78 is 41.1. The van der Waals surface area contributed by atoms with Gasteiger partial charge in [0.2, 0.25) is 0 Å². The molecule has 0 spiro atoms. The van der Waals surface area contributed by atoms with Crippen LogP contribution in [0.1, 0.15) is 25.3 Å². The Balaban J connectivity index is 2.19. The lowest BCUT2D eigenvalue weighted by atomic mass is 10.1. The van der Waals surface area contributed by atoms with Crippen LogP contribution in [0.4, 0.5) is 10.1 Å². The molecular weight excluding hydrogens is 369 g/mol. The predicted molar refractivity (Wildman–Crippen MR) is 90.0 cm³/mol. The van der Waals surface area contributed by atoms with Gasteiger partial charge < -0.3 is 0 Å². The quantitative estimate of drug-likeness (QED) is 0.780. The second-order valence-corrected chi connectivity index (χ2v) is 7.58. The van der Waals surface area contributed by atoms with E-state index in [1.807, 2.05) is 0 Å². The van der Waals surface area contributed by atoms with Crippen LogP contribution in [0.2, 0.25) is 0 Å².